The number of aliphatic hydroxyl groups excluding tert-OH is 1. The maximum absolute atomic E-state index is 9.42. The van der Waals surface area contributed by atoms with Crippen LogP contribution in [0.15, 0.2) is 34.8 Å². The fraction of sp³-hybridized carbons (Fsp3) is 0.429. The van der Waals surface area contributed by atoms with Crippen LogP contribution in [0, 0.1) is 17.6 Å². The molecule has 1 atom stereocenters. The largest absolute Gasteiger partial charge is 2.00 e. The minimum absolute atomic E-state index is 0. The van der Waals surface area contributed by atoms with Crippen LogP contribution in [0.1, 0.15) is 33.6 Å². The van der Waals surface area contributed by atoms with Gasteiger partial charge in [-0.1, -0.05) is 38.4 Å². The van der Waals surface area contributed by atoms with Gasteiger partial charge in [0.15, 0.2) is 0 Å². The molecule has 1 unspecified atom stereocenters. The van der Waals surface area contributed by atoms with E-state index in [2.05, 4.69) is 39.0 Å². The van der Waals surface area contributed by atoms with Gasteiger partial charge in [-0.25, -0.2) is 18.2 Å². The molecular formula is C14H22Cl2OSiZr. The van der Waals surface area contributed by atoms with Gasteiger partial charge in [0.05, 0.1) is 0 Å². The minimum atomic E-state index is 0. The van der Waals surface area contributed by atoms with E-state index >= 15 is 0 Å². The molecule has 0 aliphatic heterocycles. The predicted octanol–water partition coefficient (Wildman–Crippen LogP) is 3.45. The molecule has 1 nitrogen and oxygen atoms in total. The first-order chi connectivity index (χ1) is 7.51. The van der Waals surface area contributed by atoms with E-state index in [1.165, 1.54) is 5.57 Å². The van der Waals surface area contributed by atoms with Gasteiger partial charge < -0.3 is 5.11 Å². The molecule has 0 aromatic rings. The summed E-state index contributed by atoms with van der Waals surface area (Å²) in [5.41, 5.74) is 1.32. The third kappa shape index (κ3) is 6.62. The summed E-state index contributed by atoms with van der Waals surface area (Å²) in [7, 11) is 0.926. The minimum Gasteiger partial charge on any atom is -0.546 e. The summed E-state index contributed by atoms with van der Waals surface area (Å²) in [6.45, 7) is 6.36. The van der Waals surface area contributed by atoms with Crippen LogP contribution in [0.2, 0.25) is 0 Å². The van der Waals surface area contributed by atoms with Gasteiger partial charge in [-0.2, -0.15) is 16.8 Å². The third-order valence-electron chi connectivity index (χ3n) is 3.43. The van der Waals surface area contributed by atoms with E-state index in [9.17, 15) is 5.11 Å². The molecule has 2 aliphatic carbocycles. The number of halogens is 2. The average Bonchev–Trinajstić information content (AvgIpc) is 2.89. The Hall–Kier alpha value is 0.440. The molecule has 0 amide bonds. The molecule has 2 rings (SSSR count). The Balaban J connectivity index is -0.000000277. The number of hydrogen-bond acceptors (Lipinski definition) is 1. The van der Waals surface area contributed by atoms with Gasteiger partial charge in [0, 0.05) is 0 Å². The van der Waals surface area contributed by atoms with Gasteiger partial charge in [-0.15, -0.1) is 31.2 Å². The summed E-state index contributed by atoms with van der Waals surface area (Å²) < 4.78 is 0. The van der Waals surface area contributed by atoms with Crippen molar-refractivity contribution in [3.05, 3.63) is 46.9 Å². The molecule has 0 saturated heterocycles. The van der Waals surface area contributed by atoms with Crippen molar-refractivity contribution >= 4 is 35.1 Å². The second-order valence-corrected chi connectivity index (χ2v) is 5.41. The van der Waals surface area contributed by atoms with Gasteiger partial charge in [0.25, 0.3) is 0 Å². The molecule has 0 aromatic heterocycles. The zero-order valence-corrected chi connectivity index (χ0v) is 18.0. The van der Waals surface area contributed by atoms with E-state index in [4.69, 9.17) is 0 Å². The SMILES string of the molecule is CCC1(C)[C-]=C(O)C([SiH3])=C1C.Cl.Cl.[C-]1=CC=CC1.[Zr+2]. The predicted molar refractivity (Wildman–Crippen MR) is 86.5 cm³/mol. The molecule has 0 spiro atoms. The van der Waals surface area contributed by atoms with Gasteiger partial charge in [0.2, 0.25) is 0 Å². The first-order valence-electron chi connectivity index (χ1n) is 5.75. The topological polar surface area (TPSA) is 20.2 Å². The van der Waals surface area contributed by atoms with E-state index in [1.54, 1.807) is 0 Å². The van der Waals surface area contributed by atoms with Gasteiger partial charge >= 0.3 is 26.2 Å². The molecule has 19 heavy (non-hydrogen) atoms. The van der Waals surface area contributed by atoms with E-state index in [1.807, 2.05) is 12.2 Å². The van der Waals surface area contributed by atoms with Crippen molar-refractivity contribution < 1.29 is 31.3 Å². The number of aliphatic hydroxyl groups is 1. The van der Waals surface area contributed by atoms with Crippen molar-refractivity contribution in [2.24, 2.45) is 5.41 Å². The summed E-state index contributed by atoms with van der Waals surface area (Å²) in [5.74, 6) is 0.401. The van der Waals surface area contributed by atoms with Crippen LogP contribution in [0.25, 0.3) is 0 Å². The number of rotatable bonds is 1. The monoisotopic (exact) mass is 394 g/mol. The van der Waals surface area contributed by atoms with E-state index in [-0.39, 0.29) is 56.4 Å². The number of hydrogen-bond donors (Lipinski definition) is 1. The Kier molecular flexibility index (Phi) is 14.3. The van der Waals surface area contributed by atoms with Crippen molar-refractivity contribution in [1.82, 2.24) is 0 Å². The van der Waals surface area contributed by atoms with Crippen LogP contribution in [0.5, 0.6) is 0 Å². The summed E-state index contributed by atoms with van der Waals surface area (Å²) in [6.07, 6.45) is 14.1. The Labute approximate surface area is 151 Å². The maximum Gasteiger partial charge on any atom is 2.00 e. The maximum atomic E-state index is 9.42. The van der Waals surface area contributed by atoms with Crippen molar-refractivity contribution in [2.75, 3.05) is 0 Å². The number of allylic oxidation sites excluding steroid dienone is 7. The van der Waals surface area contributed by atoms with Crippen LogP contribution < -0.4 is 0 Å². The van der Waals surface area contributed by atoms with E-state index in [0.717, 1.165) is 28.3 Å². The molecule has 2 aliphatic rings. The Morgan fingerprint density at radius 3 is 2.16 bits per heavy atom. The quantitative estimate of drug-likeness (QED) is 0.532. The summed E-state index contributed by atoms with van der Waals surface area (Å²) in [4.78, 5) is 0. The Bertz CT molecular complexity index is 379. The molecule has 0 saturated carbocycles. The van der Waals surface area contributed by atoms with E-state index in [0.29, 0.717) is 5.76 Å². The van der Waals surface area contributed by atoms with Crippen LogP contribution in [0.3, 0.4) is 0 Å². The smallest absolute Gasteiger partial charge is 0.546 e. The van der Waals surface area contributed by atoms with Crippen molar-refractivity contribution in [1.29, 1.82) is 0 Å². The van der Waals surface area contributed by atoms with E-state index < -0.39 is 0 Å². The molecule has 0 aromatic carbocycles. The third-order valence-corrected chi connectivity index (χ3v) is 4.66. The van der Waals surface area contributed by atoms with Crippen LogP contribution in [0.4, 0.5) is 0 Å². The standard InChI is InChI=1S/C9H15OSi.C5H5.2ClH.Zr/c1-4-9(3)5-7(10)8(11)6(9)2;1-2-4-5-3-1;;;/h10H,4H2,1-3,11H3;1-3H,4H2;2*1H;/q2*-1;;;+2. The van der Waals surface area contributed by atoms with Crippen LogP contribution in [-0.2, 0) is 26.2 Å². The molecule has 0 fully saturated rings. The first kappa shape index (κ1) is 24.5. The second kappa shape index (κ2) is 11.1. The van der Waals surface area contributed by atoms with Crippen molar-refractivity contribution in [3.8, 4) is 0 Å². The molecule has 106 valence electrons. The zero-order chi connectivity index (χ0) is 12.2. The molecular weight excluding hydrogens is 374 g/mol. The molecule has 5 heteroatoms. The van der Waals surface area contributed by atoms with Crippen LogP contribution >= 0.6 is 24.8 Å². The summed E-state index contributed by atoms with van der Waals surface area (Å²) in [5, 5.41) is 10.6. The molecule has 0 heterocycles. The second-order valence-electron chi connectivity index (χ2n) is 4.41. The molecule has 1 N–H and O–H groups in total. The van der Waals surface area contributed by atoms with Gasteiger partial charge in [-0.3, -0.25) is 6.08 Å². The Morgan fingerprint density at radius 1 is 1.42 bits per heavy atom. The summed E-state index contributed by atoms with van der Waals surface area (Å²) in [6, 6.07) is 0. The average molecular weight is 397 g/mol. The van der Waals surface area contributed by atoms with Crippen molar-refractivity contribution in [2.45, 2.75) is 33.6 Å². The van der Waals surface area contributed by atoms with Crippen LogP contribution in [-0.4, -0.2) is 15.3 Å². The zero-order valence-electron chi connectivity index (χ0n) is 11.9. The fourth-order valence-electron chi connectivity index (χ4n) is 1.73. The molecule has 0 bridgehead atoms. The van der Waals surface area contributed by atoms with Crippen molar-refractivity contribution in [3.63, 3.8) is 0 Å². The first-order valence-corrected chi connectivity index (χ1v) is 6.75. The summed E-state index contributed by atoms with van der Waals surface area (Å²) >= 11 is 0. The van der Waals surface area contributed by atoms with Gasteiger partial charge in [0.1, 0.15) is 0 Å². The normalized spacial score (nSPS) is 22.8. The Morgan fingerprint density at radius 2 is 2.00 bits per heavy atom. The fourth-order valence-corrected chi connectivity index (χ4v) is 2.41. The van der Waals surface area contributed by atoms with Gasteiger partial charge in [-0.05, 0) is 10.2 Å². The molecule has 0 radical (unpaired) electrons.